The van der Waals surface area contributed by atoms with Gasteiger partial charge < -0.3 is 0 Å². The molecule has 0 N–H and O–H groups in total. The highest BCUT2D eigenvalue weighted by atomic mass is 32.1. The molecule has 0 bridgehead atoms. The van der Waals surface area contributed by atoms with E-state index in [9.17, 15) is 5.26 Å². The van der Waals surface area contributed by atoms with Crippen LogP contribution in [0.2, 0.25) is 0 Å². The number of aromatic nitrogens is 1. The van der Waals surface area contributed by atoms with Gasteiger partial charge in [0.25, 0.3) is 0 Å². The van der Waals surface area contributed by atoms with Gasteiger partial charge in [-0.05, 0) is 30.9 Å². The molecule has 1 aliphatic carbocycles. The number of nitriles is 1. The maximum atomic E-state index is 9.67. The summed E-state index contributed by atoms with van der Waals surface area (Å²) in [5.74, 6) is 0. The molecular weight excluding hydrogens is 240 g/mol. The van der Waals surface area contributed by atoms with Gasteiger partial charge in [-0.2, -0.15) is 5.26 Å². The molecule has 1 atom stereocenters. The average Bonchev–Trinajstić information content (AvgIpc) is 2.96. The second-order valence-electron chi connectivity index (χ2n) is 4.87. The second-order valence-corrected chi connectivity index (χ2v) is 6.19. The molecule has 0 spiro atoms. The number of fused-ring (bicyclic) bond motifs is 1. The van der Waals surface area contributed by atoms with Crippen LogP contribution in [0, 0.1) is 18.3 Å². The van der Waals surface area contributed by atoms with Crippen molar-refractivity contribution in [1.29, 1.82) is 5.26 Å². The van der Waals surface area contributed by atoms with Crippen molar-refractivity contribution in [2.75, 3.05) is 0 Å². The summed E-state index contributed by atoms with van der Waals surface area (Å²) in [7, 11) is 0. The fraction of sp³-hybridized carbons (Fsp3) is 0.333. The van der Waals surface area contributed by atoms with Crippen LogP contribution < -0.4 is 0 Å². The van der Waals surface area contributed by atoms with E-state index >= 15 is 0 Å². The molecular formula is C15H14N2S. The lowest BCUT2D eigenvalue weighted by Gasteiger charge is -2.21. The van der Waals surface area contributed by atoms with Crippen molar-refractivity contribution in [3.63, 3.8) is 0 Å². The van der Waals surface area contributed by atoms with Gasteiger partial charge in [0.1, 0.15) is 0 Å². The van der Waals surface area contributed by atoms with Gasteiger partial charge in [0.05, 0.1) is 16.5 Å². The van der Waals surface area contributed by atoms with E-state index in [1.54, 1.807) is 11.3 Å². The van der Waals surface area contributed by atoms with Gasteiger partial charge in [-0.15, -0.1) is 11.3 Å². The Kier molecular flexibility index (Phi) is 2.68. The van der Waals surface area contributed by atoms with E-state index in [0.717, 1.165) is 24.3 Å². The van der Waals surface area contributed by atoms with Gasteiger partial charge in [-0.25, -0.2) is 4.98 Å². The normalized spacial score (nSPS) is 21.6. The summed E-state index contributed by atoms with van der Waals surface area (Å²) in [5, 5.41) is 10.7. The third kappa shape index (κ3) is 1.74. The topological polar surface area (TPSA) is 36.7 Å². The lowest BCUT2D eigenvalue weighted by Crippen LogP contribution is -2.23. The minimum atomic E-state index is -0.338. The van der Waals surface area contributed by atoms with Gasteiger partial charge >= 0.3 is 0 Å². The lowest BCUT2D eigenvalue weighted by molar-refractivity contribution is 0.545. The zero-order valence-corrected chi connectivity index (χ0v) is 11.1. The third-order valence-electron chi connectivity index (χ3n) is 3.71. The highest BCUT2D eigenvalue weighted by Gasteiger charge is 2.39. The predicted molar refractivity (Wildman–Crippen MR) is 72.6 cm³/mol. The molecule has 18 heavy (non-hydrogen) atoms. The van der Waals surface area contributed by atoms with Gasteiger partial charge in [-0.1, -0.05) is 24.3 Å². The van der Waals surface area contributed by atoms with Crippen LogP contribution in [0.15, 0.2) is 30.5 Å². The van der Waals surface area contributed by atoms with Crippen LogP contribution in [0.4, 0.5) is 0 Å². The molecule has 0 radical (unpaired) electrons. The molecule has 0 fully saturated rings. The molecule has 0 amide bonds. The van der Waals surface area contributed by atoms with E-state index < -0.39 is 0 Å². The Labute approximate surface area is 111 Å². The van der Waals surface area contributed by atoms with Crippen LogP contribution >= 0.6 is 11.3 Å². The van der Waals surface area contributed by atoms with Crippen LogP contribution in [-0.2, 0) is 18.3 Å². The van der Waals surface area contributed by atoms with Crippen molar-refractivity contribution >= 4 is 11.3 Å². The molecule has 2 aromatic rings. The molecule has 3 rings (SSSR count). The van der Waals surface area contributed by atoms with E-state index in [2.05, 4.69) is 29.3 Å². The number of rotatable bonds is 2. The zero-order chi connectivity index (χ0) is 12.6. The van der Waals surface area contributed by atoms with Crippen molar-refractivity contribution in [3.8, 4) is 6.07 Å². The Morgan fingerprint density at radius 1 is 1.44 bits per heavy atom. The van der Waals surface area contributed by atoms with Crippen molar-refractivity contribution in [2.45, 2.75) is 31.6 Å². The molecule has 2 nitrogen and oxygen atoms in total. The Hall–Kier alpha value is -1.66. The van der Waals surface area contributed by atoms with E-state index in [1.807, 2.05) is 19.2 Å². The fourth-order valence-corrected chi connectivity index (χ4v) is 3.72. The van der Waals surface area contributed by atoms with Crippen LogP contribution in [-0.4, -0.2) is 4.98 Å². The van der Waals surface area contributed by atoms with E-state index in [1.165, 1.54) is 16.0 Å². The Balaban J connectivity index is 2.00. The van der Waals surface area contributed by atoms with Crippen molar-refractivity contribution in [2.24, 2.45) is 0 Å². The molecule has 90 valence electrons. The summed E-state index contributed by atoms with van der Waals surface area (Å²) >= 11 is 1.70. The molecule has 1 heterocycles. The standard InChI is InChI=1S/C15H14N2S/c1-11-17-9-13(18-11)8-15(10-16)7-6-12-4-2-3-5-14(12)15/h2-5,9H,6-8H2,1H3. The van der Waals surface area contributed by atoms with E-state index in [-0.39, 0.29) is 5.41 Å². The number of benzene rings is 1. The number of aryl methyl sites for hydroxylation is 2. The first-order valence-electron chi connectivity index (χ1n) is 6.14. The predicted octanol–water partition coefficient (Wildman–Crippen LogP) is 3.40. The number of hydrogen-bond acceptors (Lipinski definition) is 3. The molecule has 1 aromatic carbocycles. The summed E-state index contributed by atoms with van der Waals surface area (Å²) < 4.78 is 0. The van der Waals surface area contributed by atoms with Gasteiger partial charge in [0, 0.05) is 17.5 Å². The monoisotopic (exact) mass is 254 g/mol. The van der Waals surface area contributed by atoms with Crippen LogP contribution in [0.3, 0.4) is 0 Å². The molecule has 1 unspecified atom stereocenters. The number of thiazole rings is 1. The Morgan fingerprint density at radius 2 is 2.28 bits per heavy atom. The first kappa shape index (κ1) is 11.4. The van der Waals surface area contributed by atoms with Gasteiger partial charge in [-0.3, -0.25) is 0 Å². The van der Waals surface area contributed by atoms with Gasteiger partial charge in [0.15, 0.2) is 0 Å². The van der Waals surface area contributed by atoms with E-state index in [4.69, 9.17) is 0 Å². The largest absolute Gasteiger partial charge is 0.250 e. The maximum Gasteiger partial charge on any atom is 0.0896 e. The first-order valence-corrected chi connectivity index (χ1v) is 6.96. The van der Waals surface area contributed by atoms with Gasteiger partial charge in [0.2, 0.25) is 0 Å². The van der Waals surface area contributed by atoms with Crippen LogP contribution in [0.25, 0.3) is 0 Å². The Bertz CT molecular complexity index is 623. The van der Waals surface area contributed by atoms with Crippen LogP contribution in [0.1, 0.15) is 27.4 Å². The van der Waals surface area contributed by atoms with Crippen molar-refractivity contribution < 1.29 is 0 Å². The molecule has 3 heteroatoms. The Morgan fingerprint density at radius 3 is 3.00 bits per heavy atom. The molecule has 1 aromatic heterocycles. The summed E-state index contributed by atoms with van der Waals surface area (Å²) in [5.41, 5.74) is 2.22. The minimum absolute atomic E-state index is 0.338. The van der Waals surface area contributed by atoms with Crippen molar-refractivity contribution in [3.05, 3.63) is 51.5 Å². The summed E-state index contributed by atoms with van der Waals surface area (Å²) in [6, 6.07) is 10.9. The van der Waals surface area contributed by atoms with Crippen LogP contribution in [0.5, 0.6) is 0 Å². The fourth-order valence-electron chi connectivity index (χ4n) is 2.81. The summed E-state index contributed by atoms with van der Waals surface area (Å²) in [4.78, 5) is 5.50. The third-order valence-corrected chi connectivity index (χ3v) is 4.63. The minimum Gasteiger partial charge on any atom is -0.250 e. The second kappa shape index (κ2) is 4.22. The molecule has 0 saturated heterocycles. The van der Waals surface area contributed by atoms with E-state index in [0.29, 0.717) is 0 Å². The zero-order valence-electron chi connectivity index (χ0n) is 10.3. The quantitative estimate of drug-likeness (QED) is 0.823. The number of hydrogen-bond donors (Lipinski definition) is 0. The van der Waals surface area contributed by atoms with Crippen molar-refractivity contribution in [1.82, 2.24) is 4.98 Å². The maximum absolute atomic E-state index is 9.67. The summed E-state index contributed by atoms with van der Waals surface area (Å²) in [6.45, 7) is 2.01. The molecule has 0 saturated carbocycles. The molecule has 1 aliphatic rings. The number of nitrogens with zero attached hydrogens (tertiary/aromatic N) is 2. The molecule has 0 aliphatic heterocycles. The smallest absolute Gasteiger partial charge is 0.0896 e. The average molecular weight is 254 g/mol. The highest BCUT2D eigenvalue weighted by Crippen LogP contribution is 2.41. The SMILES string of the molecule is Cc1ncc(CC2(C#N)CCc3ccccc32)s1. The lowest BCUT2D eigenvalue weighted by atomic mass is 9.80. The first-order chi connectivity index (χ1) is 8.73. The highest BCUT2D eigenvalue weighted by molar-refractivity contribution is 7.11. The summed E-state index contributed by atoms with van der Waals surface area (Å²) in [6.07, 6.45) is 4.66.